The van der Waals surface area contributed by atoms with Crippen molar-refractivity contribution >= 4 is 29.0 Å². The minimum absolute atomic E-state index is 0.188. The Labute approximate surface area is 215 Å². The third kappa shape index (κ3) is 3.99. The number of nitrogens with one attached hydrogen (secondary N) is 1. The van der Waals surface area contributed by atoms with Gasteiger partial charge in [0.15, 0.2) is 5.11 Å². The van der Waals surface area contributed by atoms with Crippen LogP contribution in [0.2, 0.25) is 0 Å². The van der Waals surface area contributed by atoms with E-state index in [9.17, 15) is 9.90 Å². The molecule has 0 bridgehead atoms. The van der Waals surface area contributed by atoms with E-state index in [-0.39, 0.29) is 17.6 Å². The lowest BCUT2D eigenvalue weighted by Gasteiger charge is -2.29. The molecule has 8 heteroatoms. The zero-order valence-electron chi connectivity index (χ0n) is 20.2. The van der Waals surface area contributed by atoms with Crippen molar-refractivity contribution in [3.8, 4) is 11.4 Å². The monoisotopic (exact) mass is 498 g/mol. The van der Waals surface area contributed by atoms with Gasteiger partial charge in [-0.25, -0.2) is 4.79 Å². The van der Waals surface area contributed by atoms with Gasteiger partial charge < -0.3 is 24.6 Å². The van der Waals surface area contributed by atoms with Crippen LogP contribution >= 0.6 is 12.2 Å². The van der Waals surface area contributed by atoms with Crippen molar-refractivity contribution in [2.45, 2.75) is 25.9 Å². The van der Waals surface area contributed by atoms with Gasteiger partial charge in [-0.3, -0.25) is 4.98 Å². The van der Waals surface area contributed by atoms with Gasteiger partial charge in [-0.15, -0.1) is 0 Å². The number of aryl methyl sites for hydroxylation is 1. The molecule has 5 rings (SSSR count). The van der Waals surface area contributed by atoms with Crippen LogP contribution in [-0.4, -0.2) is 32.8 Å². The second-order valence-electron chi connectivity index (χ2n) is 8.68. The summed E-state index contributed by atoms with van der Waals surface area (Å²) >= 11 is 5.87. The quantitative estimate of drug-likeness (QED) is 0.346. The molecule has 0 amide bonds. The Hall–Kier alpha value is -4.17. The lowest BCUT2D eigenvalue weighted by molar-refractivity contribution is 0.0697. The van der Waals surface area contributed by atoms with E-state index in [2.05, 4.69) is 32.8 Å². The maximum absolute atomic E-state index is 11.3. The van der Waals surface area contributed by atoms with Crippen molar-refractivity contribution < 1.29 is 14.6 Å². The molecule has 2 aromatic carbocycles. The van der Waals surface area contributed by atoms with Crippen molar-refractivity contribution in [1.29, 1.82) is 0 Å². The Morgan fingerprint density at radius 1 is 1.06 bits per heavy atom. The zero-order chi connectivity index (χ0) is 25.4. The van der Waals surface area contributed by atoms with Crippen LogP contribution in [0.1, 0.15) is 45.1 Å². The molecule has 0 saturated carbocycles. The Morgan fingerprint density at radius 3 is 2.44 bits per heavy atom. The molecule has 7 nitrogen and oxygen atoms in total. The third-order valence-electron chi connectivity index (χ3n) is 6.60. The highest BCUT2D eigenvalue weighted by atomic mass is 32.1. The number of pyridine rings is 1. The van der Waals surface area contributed by atoms with Crippen LogP contribution in [0.4, 0.5) is 5.69 Å². The van der Waals surface area contributed by atoms with E-state index >= 15 is 0 Å². The van der Waals surface area contributed by atoms with Crippen molar-refractivity contribution in [3.05, 3.63) is 107 Å². The molecule has 1 aliphatic rings. The van der Waals surface area contributed by atoms with Gasteiger partial charge in [-0.05, 0) is 86.2 Å². The minimum Gasteiger partial charge on any atom is -0.495 e. The number of anilines is 1. The lowest BCUT2D eigenvalue weighted by Crippen LogP contribution is -2.30. The molecule has 2 atom stereocenters. The number of para-hydroxylation sites is 2. The molecule has 4 aromatic rings. The van der Waals surface area contributed by atoms with Crippen molar-refractivity contribution in [2.24, 2.45) is 0 Å². The molecule has 1 aliphatic heterocycles. The van der Waals surface area contributed by atoms with E-state index in [1.54, 1.807) is 25.4 Å². The number of nitrogens with zero attached hydrogens (tertiary/aromatic N) is 3. The van der Waals surface area contributed by atoms with Crippen molar-refractivity contribution in [3.63, 3.8) is 0 Å². The average molecular weight is 499 g/mol. The SMILES string of the molecule is COc1ccccc1N1C(=S)N[C@H](c2ccccn2)[C@H]1c1cc(C)n(-c2ccc(C(=O)O)cc2)c1C. The van der Waals surface area contributed by atoms with Crippen LogP contribution in [0.3, 0.4) is 0 Å². The predicted molar refractivity (Wildman–Crippen MR) is 143 cm³/mol. The first kappa shape index (κ1) is 23.6. The number of hydrogen-bond donors (Lipinski definition) is 2. The minimum atomic E-state index is -0.945. The van der Waals surface area contributed by atoms with Crippen LogP contribution in [0, 0.1) is 13.8 Å². The highest BCUT2D eigenvalue weighted by Gasteiger charge is 2.43. The van der Waals surface area contributed by atoms with Gasteiger partial charge in [0.2, 0.25) is 0 Å². The molecule has 36 heavy (non-hydrogen) atoms. The molecule has 0 aliphatic carbocycles. The highest BCUT2D eigenvalue weighted by molar-refractivity contribution is 7.80. The molecule has 3 heterocycles. The summed E-state index contributed by atoms with van der Waals surface area (Å²) in [6.07, 6.45) is 1.79. The Morgan fingerprint density at radius 2 is 1.78 bits per heavy atom. The highest BCUT2D eigenvalue weighted by Crippen LogP contribution is 2.46. The number of carboxylic acids is 1. The van der Waals surface area contributed by atoms with Gasteiger partial charge in [0, 0.05) is 23.3 Å². The van der Waals surface area contributed by atoms with E-state index in [1.807, 2.05) is 61.5 Å². The lowest BCUT2D eigenvalue weighted by atomic mass is 9.96. The normalized spacial score (nSPS) is 17.2. The molecule has 1 fully saturated rings. The first-order valence-corrected chi connectivity index (χ1v) is 12.0. The molecule has 0 spiro atoms. The van der Waals surface area contributed by atoms with Gasteiger partial charge >= 0.3 is 5.97 Å². The molecule has 182 valence electrons. The number of carboxylic acid groups (broad SMARTS) is 1. The number of rotatable bonds is 6. The third-order valence-corrected chi connectivity index (χ3v) is 6.92. The molecule has 2 aromatic heterocycles. The van der Waals surface area contributed by atoms with E-state index in [0.717, 1.165) is 39.8 Å². The fourth-order valence-corrected chi connectivity index (χ4v) is 5.34. The summed E-state index contributed by atoms with van der Waals surface area (Å²) in [5.41, 5.74) is 6.06. The van der Waals surface area contributed by atoms with Gasteiger partial charge in [0.05, 0.1) is 36.1 Å². The van der Waals surface area contributed by atoms with Gasteiger partial charge in [0.1, 0.15) is 5.75 Å². The zero-order valence-corrected chi connectivity index (χ0v) is 21.0. The number of ether oxygens (including phenoxy) is 1. The first-order valence-electron chi connectivity index (χ1n) is 11.6. The largest absolute Gasteiger partial charge is 0.495 e. The van der Waals surface area contributed by atoms with E-state index < -0.39 is 5.97 Å². The summed E-state index contributed by atoms with van der Waals surface area (Å²) < 4.78 is 7.83. The van der Waals surface area contributed by atoms with Crippen LogP contribution in [0.15, 0.2) is 79.0 Å². The fraction of sp³-hybridized carbons (Fsp3) is 0.179. The Bertz CT molecular complexity index is 1430. The molecule has 1 saturated heterocycles. The van der Waals surface area contributed by atoms with E-state index in [1.165, 1.54) is 0 Å². The number of thiocarbonyl (C=S) groups is 1. The maximum atomic E-state index is 11.3. The van der Waals surface area contributed by atoms with Gasteiger partial charge in [0.25, 0.3) is 0 Å². The number of aromatic nitrogens is 2. The number of aromatic carboxylic acids is 1. The van der Waals surface area contributed by atoms with Crippen LogP contribution in [0.5, 0.6) is 5.75 Å². The van der Waals surface area contributed by atoms with E-state index in [0.29, 0.717) is 5.11 Å². The second kappa shape index (κ2) is 9.47. The summed E-state index contributed by atoms with van der Waals surface area (Å²) in [6.45, 7) is 4.12. The van der Waals surface area contributed by atoms with Crippen LogP contribution in [0.25, 0.3) is 5.69 Å². The second-order valence-corrected chi connectivity index (χ2v) is 9.07. The summed E-state index contributed by atoms with van der Waals surface area (Å²) in [4.78, 5) is 18.1. The number of methoxy groups -OCH3 is 1. The molecular formula is C28H26N4O3S. The standard InChI is InChI=1S/C28H26N4O3S/c1-17-16-21(18(2)31(17)20-13-11-19(12-14-20)27(33)34)26-25(22-8-6-7-15-29-22)30-28(36)32(26)23-9-4-5-10-24(23)35-3/h4-16,25-26H,1-3H3,(H,30,36)(H,33,34)/t25-,26-/m1/s1. The average Bonchev–Trinajstić information content (AvgIpc) is 3.39. The maximum Gasteiger partial charge on any atom is 0.335 e. The topological polar surface area (TPSA) is 79.6 Å². The number of hydrogen-bond acceptors (Lipinski definition) is 4. The molecular weight excluding hydrogens is 472 g/mol. The van der Waals surface area contributed by atoms with Crippen LogP contribution in [-0.2, 0) is 0 Å². The summed E-state index contributed by atoms with van der Waals surface area (Å²) in [7, 11) is 1.66. The predicted octanol–water partition coefficient (Wildman–Crippen LogP) is 5.37. The Kier molecular flexibility index (Phi) is 6.20. The smallest absolute Gasteiger partial charge is 0.335 e. The van der Waals surface area contributed by atoms with Crippen molar-refractivity contribution in [2.75, 3.05) is 12.0 Å². The van der Waals surface area contributed by atoms with Crippen molar-refractivity contribution in [1.82, 2.24) is 14.9 Å². The van der Waals surface area contributed by atoms with Gasteiger partial charge in [-0.1, -0.05) is 18.2 Å². The van der Waals surface area contributed by atoms with E-state index in [4.69, 9.17) is 17.0 Å². The fourth-order valence-electron chi connectivity index (χ4n) is 5.00. The molecule has 2 N–H and O–H groups in total. The molecule has 0 unspecified atom stereocenters. The Balaban J connectivity index is 1.67. The summed E-state index contributed by atoms with van der Waals surface area (Å²) in [5, 5.41) is 13.4. The number of benzene rings is 2. The van der Waals surface area contributed by atoms with Gasteiger partial charge in [-0.2, -0.15) is 0 Å². The first-order chi connectivity index (χ1) is 17.4. The molecule has 0 radical (unpaired) electrons. The summed E-state index contributed by atoms with van der Waals surface area (Å²) in [6, 6.07) is 22.4. The number of carbonyl (C=O) groups is 1. The summed E-state index contributed by atoms with van der Waals surface area (Å²) in [5.74, 6) is -0.217. The van der Waals surface area contributed by atoms with Crippen LogP contribution < -0.4 is 15.0 Å².